The minimum Gasteiger partial charge on any atom is -0.309 e. The summed E-state index contributed by atoms with van der Waals surface area (Å²) in [4.78, 5) is 19.2. The monoisotopic (exact) mass is 641 g/mol. The molecule has 3 aromatic heterocycles. The number of nitrogens with zero attached hydrogens (tertiary/aromatic N) is 7. The van der Waals surface area contributed by atoms with Crippen LogP contribution in [-0.2, 0) is 0 Å². The second kappa shape index (κ2) is 11.3. The van der Waals surface area contributed by atoms with Gasteiger partial charge >= 0.3 is 0 Å². The Morgan fingerprint density at radius 2 is 1.16 bits per heavy atom. The summed E-state index contributed by atoms with van der Waals surface area (Å²) in [5.74, 6) is 1.36. The van der Waals surface area contributed by atoms with Crippen LogP contribution < -0.4 is 0 Å². The molecule has 0 N–H and O–H groups in total. The fraction of sp³-hybridized carbons (Fsp3) is 0.0465. The third kappa shape index (κ3) is 4.53. The molecule has 0 amide bonds. The third-order valence-corrected chi connectivity index (χ3v) is 9.34. The predicted octanol–water partition coefficient (Wildman–Crippen LogP) is 10.4. The van der Waals surface area contributed by atoms with Gasteiger partial charge in [-0.3, -0.25) is 4.57 Å². The molecule has 0 fully saturated rings. The Bertz CT molecular complexity index is 2800. The van der Waals surface area contributed by atoms with Gasteiger partial charge in [-0.2, -0.15) is 15.2 Å². The van der Waals surface area contributed by atoms with Crippen molar-refractivity contribution >= 4 is 49.3 Å². The second-order valence-corrected chi connectivity index (χ2v) is 12.5. The smallest absolute Gasteiger partial charge is 0.238 e. The first-order chi connectivity index (χ1) is 24.5. The molecule has 7 nitrogen and oxygen atoms in total. The van der Waals surface area contributed by atoms with Crippen LogP contribution in [0.4, 0.5) is 5.69 Å². The van der Waals surface area contributed by atoms with E-state index < -0.39 is 0 Å². The molecule has 6 aromatic carbocycles. The van der Waals surface area contributed by atoms with E-state index in [1.54, 1.807) is 12.1 Å². The zero-order valence-corrected chi connectivity index (χ0v) is 27.3. The topological polar surface area (TPSA) is 76.7 Å². The summed E-state index contributed by atoms with van der Waals surface area (Å²) >= 11 is 0. The number of para-hydroxylation sites is 2. The van der Waals surface area contributed by atoms with Crippen molar-refractivity contribution in [1.82, 2.24) is 24.1 Å². The number of aromatic nitrogens is 5. The first-order valence-electron chi connectivity index (χ1n) is 16.3. The number of nitriles is 1. The number of hydrogen-bond donors (Lipinski definition) is 0. The van der Waals surface area contributed by atoms with E-state index in [1.165, 1.54) is 11.1 Å². The van der Waals surface area contributed by atoms with Gasteiger partial charge in [-0.15, -0.1) is 0 Å². The summed E-state index contributed by atoms with van der Waals surface area (Å²) in [6, 6.07) is 44.7. The van der Waals surface area contributed by atoms with Crippen molar-refractivity contribution in [2.24, 2.45) is 0 Å². The Morgan fingerprint density at radius 3 is 1.76 bits per heavy atom. The van der Waals surface area contributed by atoms with E-state index in [-0.39, 0.29) is 0 Å². The minimum atomic E-state index is 0.436. The fourth-order valence-corrected chi connectivity index (χ4v) is 7.02. The molecule has 0 aliphatic heterocycles. The number of rotatable bonds is 4. The van der Waals surface area contributed by atoms with Crippen molar-refractivity contribution in [1.29, 1.82) is 5.26 Å². The Balaban J connectivity index is 1.38. The zero-order valence-electron chi connectivity index (χ0n) is 27.3. The van der Waals surface area contributed by atoms with Crippen molar-refractivity contribution in [3.8, 4) is 40.5 Å². The maximum Gasteiger partial charge on any atom is 0.238 e. The molecule has 0 aliphatic rings. The summed E-state index contributed by atoms with van der Waals surface area (Å²) in [5.41, 5.74) is 9.76. The lowest BCUT2D eigenvalue weighted by Gasteiger charge is -2.16. The molecule has 0 saturated carbocycles. The van der Waals surface area contributed by atoms with Crippen LogP contribution in [0, 0.1) is 31.8 Å². The van der Waals surface area contributed by atoms with Gasteiger partial charge in [-0.05, 0) is 86.6 Å². The molecular weight excluding hydrogens is 615 g/mol. The lowest BCUT2D eigenvalue weighted by Crippen LogP contribution is -2.08. The Labute approximate surface area is 287 Å². The van der Waals surface area contributed by atoms with E-state index in [0.717, 1.165) is 54.9 Å². The van der Waals surface area contributed by atoms with E-state index in [2.05, 4.69) is 94.6 Å². The van der Waals surface area contributed by atoms with Gasteiger partial charge in [-0.25, -0.2) is 9.83 Å². The molecule has 50 heavy (non-hydrogen) atoms. The molecular formula is C43H27N7. The molecule has 0 unspecified atom stereocenters. The molecule has 0 saturated heterocycles. The van der Waals surface area contributed by atoms with Crippen molar-refractivity contribution in [3.63, 3.8) is 0 Å². The number of fused-ring (bicyclic) bond motifs is 6. The summed E-state index contributed by atoms with van der Waals surface area (Å²) < 4.78 is 4.32. The molecule has 7 heteroatoms. The molecule has 9 rings (SSSR count). The SMILES string of the molecule is [C-]#[N+]c1ccc(-n2c3ccc(C)cc3c3cc(C)ccc32)c(-c2nc(-c3ccc(C#N)cc3)nc(-n3c4ccccc4c4ccccc43)n2)c1. The number of benzene rings is 6. The van der Waals surface area contributed by atoms with Gasteiger partial charge < -0.3 is 4.57 Å². The molecule has 0 aliphatic carbocycles. The molecule has 0 bridgehead atoms. The zero-order chi connectivity index (χ0) is 33.9. The van der Waals surface area contributed by atoms with Gasteiger partial charge in [0.2, 0.25) is 5.95 Å². The van der Waals surface area contributed by atoms with E-state index >= 15 is 0 Å². The number of aryl methyl sites for hydroxylation is 2. The maximum absolute atomic E-state index is 9.49. The fourth-order valence-electron chi connectivity index (χ4n) is 7.02. The van der Waals surface area contributed by atoms with Crippen molar-refractivity contribution in [2.45, 2.75) is 13.8 Å². The van der Waals surface area contributed by atoms with Crippen LogP contribution in [0.25, 0.3) is 82.9 Å². The summed E-state index contributed by atoms with van der Waals surface area (Å²) in [7, 11) is 0. The van der Waals surface area contributed by atoms with Gasteiger partial charge in [0.25, 0.3) is 0 Å². The van der Waals surface area contributed by atoms with E-state index in [4.69, 9.17) is 21.5 Å². The first kappa shape index (κ1) is 29.1. The van der Waals surface area contributed by atoms with Crippen molar-refractivity contribution in [2.75, 3.05) is 0 Å². The standard InChI is InChI=1S/C43H27N7/c1-26-12-19-38-33(22-26)34-23-27(2)13-20-39(34)49(38)40-21-18-30(45-3)24-35(40)42-46-41(29-16-14-28(25-44)15-17-29)47-43(48-42)50-36-10-6-4-8-31(36)32-9-5-7-11-37(32)50/h4-24H,1-2H3. The van der Waals surface area contributed by atoms with Crippen LogP contribution in [0.2, 0.25) is 0 Å². The minimum absolute atomic E-state index is 0.436. The average Bonchev–Trinajstić information content (AvgIpc) is 3.66. The third-order valence-electron chi connectivity index (χ3n) is 9.34. The Kier molecular flexibility index (Phi) is 6.55. The normalized spacial score (nSPS) is 11.4. The molecule has 9 aromatic rings. The van der Waals surface area contributed by atoms with Gasteiger partial charge in [0, 0.05) is 32.7 Å². The van der Waals surface area contributed by atoms with Crippen LogP contribution in [-0.4, -0.2) is 24.1 Å². The van der Waals surface area contributed by atoms with E-state index in [9.17, 15) is 5.26 Å². The highest BCUT2D eigenvalue weighted by molar-refractivity contribution is 6.11. The lowest BCUT2D eigenvalue weighted by molar-refractivity contribution is 0.952. The Morgan fingerprint density at radius 1 is 0.580 bits per heavy atom. The molecule has 0 spiro atoms. The molecule has 3 heterocycles. The highest BCUT2D eigenvalue weighted by Crippen LogP contribution is 2.39. The first-order valence-corrected chi connectivity index (χ1v) is 16.3. The van der Waals surface area contributed by atoms with Crippen molar-refractivity contribution < 1.29 is 0 Å². The highest BCUT2D eigenvalue weighted by atomic mass is 15.2. The van der Waals surface area contributed by atoms with Crippen LogP contribution in [0.15, 0.2) is 127 Å². The Hall–Kier alpha value is -7.09. The predicted molar refractivity (Wildman–Crippen MR) is 200 cm³/mol. The second-order valence-electron chi connectivity index (χ2n) is 12.5. The maximum atomic E-state index is 9.49. The van der Waals surface area contributed by atoms with E-state index in [0.29, 0.717) is 34.4 Å². The van der Waals surface area contributed by atoms with Crippen LogP contribution in [0.3, 0.4) is 0 Å². The van der Waals surface area contributed by atoms with Gasteiger partial charge in [0.1, 0.15) is 0 Å². The summed E-state index contributed by atoms with van der Waals surface area (Å²) in [6.45, 7) is 12.2. The lowest BCUT2D eigenvalue weighted by atomic mass is 10.1. The van der Waals surface area contributed by atoms with Crippen LogP contribution in [0.1, 0.15) is 16.7 Å². The van der Waals surface area contributed by atoms with Crippen LogP contribution >= 0.6 is 0 Å². The van der Waals surface area contributed by atoms with Crippen molar-refractivity contribution in [3.05, 3.63) is 156 Å². The molecule has 0 atom stereocenters. The summed E-state index contributed by atoms with van der Waals surface area (Å²) in [6.07, 6.45) is 0. The highest BCUT2D eigenvalue weighted by Gasteiger charge is 2.22. The molecule has 0 radical (unpaired) electrons. The largest absolute Gasteiger partial charge is 0.309 e. The average molecular weight is 642 g/mol. The van der Waals surface area contributed by atoms with E-state index in [1.807, 2.05) is 54.6 Å². The molecule has 234 valence electrons. The van der Waals surface area contributed by atoms with Gasteiger partial charge in [0.05, 0.1) is 46.0 Å². The number of hydrogen-bond acceptors (Lipinski definition) is 4. The quantitative estimate of drug-likeness (QED) is 0.179. The van der Waals surface area contributed by atoms with Crippen LogP contribution in [0.5, 0.6) is 0 Å². The van der Waals surface area contributed by atoms with Gasteiger partial charge in [0.15, 0.2) is 17.3 Å². The summed E-state index contributed by atoms with van der Waals surface area (Å²) in [5, 5.41) is 14.0. The van der Waals surface area contributed by atoms with Gasteiger partial charge in [-0.1, -0.05) is 65.7 Å².